The Kier molecular flexibility index (Phi) is 5.05. The smallest absolute Gasteiger partial charge is 0.409 e. The minimum Gasteiger partial charge on any atom is -0.453 e. The molecule has 0 aliphatic carbocycles. The number of hydrogen-bond acceptors (Lipinski definition) is 7. The Hall–Kier alpha value is -3.45. The van der Waals surface area contributed by atoms with Gasteiger partial charge in [-0.25, -0.2) is 4.79 Å². The third-order valence-electron chi connectivity index (χ3n) is 4.17. The van der Waals surface area contributed by atoms with Crippen molar-refractivity contribution in [3.63, 3.8) is 0 Å². The molecular weight excluding hydrogens is 372 g/mol. The summed E-state index contributed by atoms with van der Waals surface area (Å²) in [6.45, 7) is 0.746. The molecule has 0 spiro atoms. The van der Waals surface area contributed by atoms with Gasteiger partial charge in [-0.2, -0.15) is 5.26 Å². The molecule has 2 heterocycles. The standard InChI is InChI=1S/C17H14N4O5S/c1-26-17(23)20-7-6-12-13(8-18)16(27-14(12)9-20)19-15(22)10-2-4-11(5-3-10)21(24)25/h2-5H,6-7,9H2,1H3,(H,19,22). The summed E-state index contributed by atoms with van der Waals surface area (Å²) in [6, 6.07) is 7.31. The number of anilines is 1. The van der Waals surface area contributed by atoms with E-state index >= 15 is 0 Å². The number of ether oxygens (including phenoxy) is 1. The Labute approximate surface area is 157 Å². The van der Waals surface area contributed by atoms with Crippen LogP contribution in [-0.2, 0) is 17.7 Å². The summed E-state index contributed by atoms with van der Waals surface area (Å²) in [5.74, 6) is -0.468. The number of nitrogens with zero attached hydrogens (tertiary/aromatic N) is 3. The van der Waals surface area contributed by atoms with E-state index in [1.165, 1.54) is 47.6 Å². The zero-order valence-corrected chi connectivity index (χ0v) is 15.0. The molecule has 3 rings (SSSR count). The first-order chi connectivity index (χ1) is 12.9. The van der Waals surface area contributed by atoms with Crippen molar-refractivity contribution in [1.82, 2.24) is 4.90 Å². The SMILES string of the molecule is COC(=O)N1CCc2c(sc(NC(=O)c3ccc([N+](=O)[O-])cc3)c2C#N)C1. The average Bonchev–Trinajstić information content (AvgIpc) is 3.03. The molecule has 0 saturated heterocycles. The van der Waals surface area contributed by atoms with Crippen molar-refractivity contribution in [2.75, 3.05) is 19.0 Å². The van der Waals surface area contributed by atoms with Crippen LogP contribution >= 0.6 is 11.3 Å². The van der Waals surface area contributed by atoms with E-state index in [4.69, 9.17) is 4.74 Å². The molecule has 9 nitrogen and oxygen atoms in total. The van der Waals surface area contributed by atoms with Gasteiger partial charge >= 0.3 is 6.09 Å². The number of carbonyl (C=O) groups excluding carboxylic acids is 2. The van der Waals surface area contributed by atoms with Gasteiger partial charge in [0.25, 0.3) is 11.6 Å². The van der Waals surface area contributed by atoms with Crippen molar-refractivity contribution in [2.24, 2.45) is 0 Å². The van der Waals surface area contributed by atoms with E-state index in [1.54, 1.807) is 0 Å². The number of methoxy groups -OCH3 is 1. The van der Waals surface area contributed by atoms with Crippen LogP contribution in [0, 0.1) is 21.4 Å². The Morgan fingerprint density at radius 1 is 1.37 bits per heavy atom. The Morgan fingerprint density at radius 3 is 2.67 bits per heavy atom. The second kappa shape index (κ2) is 7.43. The zero-order valence-electron chi connectivity index (χ0n) is 14.2. The summed E-state index contributed by atoms with van der Waals surface area (Å²) < 4.78 is 4.73. The number of rotatable bonds is 3. The Balaban J connectivity index is 1.82. The number of non-ortho nitro benzene ring substituents is 1. The average molecular weight is 386 g/mol. The molecule has 0 saturated carbocycles. The molecule has 138 valence electrons. The van der Waals surface area contributed by atoms with Gasteiger partial charge in [0.2, 0.25) is 0 Å². The topological polar surface area (TPSA) is 126 Å². The predicted molar refractivity (Wildman–Crippen MR) is 96.6 cm³/mol. The largest absolute Gasteiger partial charge is 0.453 e. The molecule has 0 radical (unpaired) electrons. The van der Waals surface area contributed by atoms with Crippen molar-refractivity contribution >= 4 is 34.0 Å². The molecular formula is C17H14N4O5S. The third kappa shape index (κ3) is 3.58. The number of hydrogen-bond donors (Lipinski definition) is 1. The highest BCUT2D eigenvalue weighted by molar-refractivity contribution is 7.16. The summed E-state index contributed by atoms with van der Waals surface area (Å²) in [5, 5.41) is 23.3. The highest BCUT2D eigenvalue weighted by Crippen LogP contribution is 2.37. The van der Waals surface area contributed by atoms with Crippen molar-refractivity contribution < 1.29 is 19.2 Å². The minimum atomic E-state index is -0.546. The molecule has 0 atom stereocenters. The van der Waals surface area contributed by atoms with Crippen LogP contribution in [0.2, 0.25) is 0 Å². The predicted octanol–water partition coefficient (Wildman–Crippen LogP) is 2.90. The fourth-order valence-electron chi connectivity index (χ4n) is 2.80. The van der Waals surface area contributed by atoms with Crippen LogP contribution in [0.25, 0.3) is 0 Å². The maximum Gasteiger partial charge on any atom is 0.409 e. The van der Waals surface area contributed by atoms with Gasteiger partial charge in [-0.3, -0.25) is 14.9 Å². The first kappa shape index (κ1) is 18.3. The van der Waals surface area contributed by atoms with Crippen LogP contribution in [0.3, 0.4) is 0 Å². The van der Waals surface area contributed by atoms with Crippen molar-refractivity contribution in [2.45, 2.75) is 13.0 Å². The number of nitro benzene ring substituents is 1. The molecule has 1 aliphatic rings. The Morgan fingerprint density at radius 2 is 2.07 bits per heavy atom. The van der Waals surface area contributed by atoms with Gasteiger partial charge in [-0.15, -0.1) is 11.3 Å². The monoisotopic (exact) mass is 386 g/mol. The lowest BCUT2D eigenvalue weighted by molar-refractivity contribution is -0.384. The fourth-order valence-corrected chi connectivity index (χ4v) is 4.01. The van der Waals surface area contributed by atoms with Crippen molar-refractivity contribution in [3.05, 3.63) is 55.9 Å². The highest BCUT2D eigenvalue weighted by Gasteiger charge is 2.28. The lowest BCUT2D eigenvalue weighted by Gasteiger charge is -2.25. The van der Waals surface area contributed by atoms with Crippen LogP contribution in [0.5, 0.6) is 0 Å². The number of nitro groups is 1. The fraction of sp³-hybridized carbons (Fsp3) is 0.235. The lowest BCUT2D eigenvalue weighted by Crippen LogP contribution is -2.35. The van der Waals surface area contributed by atoms with Crippen molar-refractivity contribution in [1.29, 1.82) is 5.26 Å². The first-order valence-electron chi connectivity index (χ1n) is 7.88. The third-order valence-corrected chi connectivity index (χ3v) is 5.30. The summed E-state index contributed by atoms with van der Waals surface area (Å²) >= 11 is 1.24. The molecule has 10 heteroatoms. The number of amides is 2. The Bertz CT molecular complexity index is 961. The molecule has 2 amide bonds. The van der Waals surface area contributed by atoms with E-state index in [0.717, 1.165) is 10.4 Å². The molecule has 1 N–H and O–H groups in total. The van der Waals surface area contributed by atoms with Crippen LogP contribution < -0.4 is 5.32 Å². The molecule has 27 heavy (non-hydrogen) atoms. The molecule has 1 aromatic carbocycles. The number of carbonyl (C=O) groups is 2. The summed E-state index contributed by atoms with van der Waals surface area (Å²) in [7, 11) is 1.31. The van der Waals surface area contributed by atoms with Crippen LogP contribution in [-0.4, -0.2) is 35.5 Å². The zero-order chi connectivity index (χ0) is 19.6. The summed E-state index contributed by atoms with van der Waals surface area (Å²) in [4.78, 5) is 36.6. The molecule has 1 aromatic heterocycles. The van der Waals surface area contributed by atoms with E-state index in [-0.39, 0.29) is 11.3 Å². The number of thiophene rings is 1. The van der Waals surface area contributed by atoms with E-state index in [9.17, 15) is 25.0 Å². The molecule has 0 fully saturated rings. The summed E-state index contributed by atoms with van der Waals surface area (Å²) in [6.07, 6.45) is 0.0565. The van der Waals surface area contributed by atoms with Gasteiger partial charge in [0, 0.05) is 29.1 Å². The normalized spacial score (nSPS) is 12.7. The van der Waals surface area contributed by atoms with Crippen molar-refractivity contribution in [3.8, 4) is 6.07 Å². The maximum atomic E-state index is 12.4. The van der Waals surface area contributed by atoms with Gasteiger partial charge in [0.05, 0.1) is 24.1 Å². The first-order valence-corrected chi connectivity index (χ1v) is 8.69. The van der Waals surface area contributed by atoms with E-state index in [1.807, 2.05) is 0 Å². The van der Waals surface area contributed by atoms with Gasteiger partial charge in [-0.05, 0) is 24.1 Å². The van der Waals surface area contributed by atoms with Gasteiger partial charge in [-0.1, -0.05) is 0 Å². The second-order valence-corrected chi connectivity index (χ2v) is 6.82. The highest BCUT2D eigenvalue weighted by atomic mass is 32.1. The maximum absolute atomic E-state index is 12.4. The molecule has 1 aliphatic heterocycles. The van der Waals surface area contributed by atoms with E-state index in [2.05, 4.69) is 11.4 Å². The quantitative estimate of drug-likeness (QED) is 0.638. The lowest BCUT2D eigenvalue weighted by atomic mass is 10.0. The number of benzene rings is 1. The van der Waals surface area contributed by atoms with Crippen LogP contribution in [0.4, 0.5) is 15.5 Å². The number of fused-ring (bicyclic) bond motifs is 1. The van der Waals surface area contributed by atoms with Crippen LogP contribution in [0.1, 0.15) is 26.4 Å². The molecule has 0 bridgehead atoms. The molecule has 2 aromatic rings. The van der Waals surface area contributed by atoms with Gasteiger partial charge in [0.1, 0.15) is 11.1 Å². The number of nitriles is 1. The van der Waals surface area contributed by atoms with E-state index in [0.29, 0.717) is 30.1 Å². The summed E-state index contributed by atoms with van der Waals surface area (Å²) in [5.41, 5.74) is 1.34. The van der Waals surface area contributed by atoms with Gasteiger partial charge < -0.3 is 15.0 Å². The van der Waals surface area contributed by atoms with E-state index < -0.39 is 16.9 Å². The second-order valence-electron chi connectivity index (χ2n) is 5.72. The molecule has 0 unspecified atom stereocenters. The van der Waals surface area contributed by atoms with Crippen LogP contribution in [0.15, 0.2) is 24.3 Å². The minimum absolute atomic E-state index is 0.112. The van der Waals surface area contributed by atoms with Gasteiger partial charge in [0.15, 0.2) is 0 Å². The number of nitrogens with one attached hydrogen (secondary N) is 1.